The molecule has 6 nitrogen and oxygen atoms in total. The Labute approximate surface area is 106 Å². The third-order valence-electron chi connectivity index (χ3n) is 2.89. The van der Waals surface area contributed by atoms with Crippen molar-refractivity contribution in [3.63, 3.8) is 0 Å². The topological polar surface area (TPSA) is 91.9 Å². The summed E-state index contributed by atoms with van der Waals surface area (Å²) in [4.78, 5) is 18.4. The van der Waals surface area contributed by atoms with Crippen LogP contribution in [-0.2, 0) is 9.84 Å². The number of anilines is 1. The maximum atomic E-state index is 11.5. The molecule has 1 fully saturated rings. The standard InChI is InChI=1S/C11H17N3O3S/c1-7(2)11-13-9(5-10(15)14-11)12-8-3-4-18(16,17)6-8/h5,7-8H,3-4,6H2,1-2H3,(H2,12,13,14,15). The Morgan fingerprint density at radius 2 is 2.22 bits per heavy atom. The highest BCUT2D eigenvalue weighted by Crippen LogP contribution is 2.16. The number of hydrogen-bond acceptors (Lipinski definition) is 5. The van der Waals surface area contributed by atoms with Crippen molar-refractivity contribution in [3.8, 4) is 0 Å². The zero-order chi connectivity index (χ0) is 13.3. The molecule has 0 radical (unpaired) electrons. The van der Waals surface area contributed by atoms with E-state index in [1.165, 1.54) is 6.07 Å². The summed E-state index contributed by atoms with van der Waals surface area (Å²) in [6, 6.07) is 1.21. The second-order valence-corrected chi connectivity index (χ2v) is 7.14. The molecule has 0 aliphatic carbocycles. The fourth-order valence-corrected chi connectivity index (χ4v) is 3.62. The molecule has 7 heteroatoms. The molecular formula is C11H17N3O3S. The maximum absolute atomic E-state index is 11.5. The molecule has 1 saturated heterocycles. The van der Waals surface area contributed by atoms with Gasteiger partial charge in [-0.15, -0.1) is 0 Å². The summed E-state index contributed by atoms with van der Waals surface area (Å²) in [7, 11) is -2.93. The highest BCUT2D eigenvalue weighted by molar-refractivity contribution is 7.91. The number of sulfone groups is 1. The molecule has 1 aromatic heterocycles. The Morgan fingerprint density at radius 3 is 2.78 bits per heavy atom. The van der Waals surface area contributed by atoms with Crippen LogP contribution >= 0.6 is 0 Å². The summed E-state index contributed by atoms with van der Waals surface area (Å²) in [5.74, 6) is 1.48. The quantitative estimate of drug-likeness (QED) is 0.835. The van der Waals surface area contributed by atoms with Gasteiger partial charge in [0.05, 0.1) is 11.5 Å². The molecule has 0 saturated carbocycles. The third kappa shape index (κ3) is 3.10. The van der Waals surface area contributed by atoms with E-state index in [0.717, 1.165) is 0 Å². The lowest BCUT2D eigenvalue weighted by Gasteiger charge is -2.12. The molecule has 1 aliphatic rings. The largest absolute Gasteiger partial charge is 0.366 e. The van der Waals surface area contributed by atoms with Crippen LogP contribution in [0.5, 0.6) is 0 Å². The lowest BCUT2D eigenvalue weighted by atomic mass is 10.2. The van der Waals surface area contributed by atoms with Gasteiger partial charge in [0.2, 0.25) is 0 Å². The zero-order valence-corrected chi connectivity index (χ0v) is 11.3. The molecule has 0 spiro atoms. The van der Waals surface area contributed by atoms with Crippen molar-refractivity contribution in [1.29, 1.82) is 0 Å². The van der Waals surface area contributed by atoms with Gasteiger partial charge < -0.3 is 10.3 Å². The number of aromatic nitrogens is 2. The molecule has 0 aromatic carbocycles. The maximum Gasteiger partial charge on any atom is 0.252 e. The number of rotatable bonds is 3. The van der Waals surface area contributed by atoms with Gasteiger partial charge >= 0.3 is 0 Å². The van der Waals surface area contributed by atoms with Gasteiger partial charge in [-0.25, -0.2) is 13.4 Å². The molecule has 1 aromatic rings. The van der Waals surface area contributed by atoms with Crippen LogP contribution in [0.1, 0.15) is 32.0 Å². The van der Waals surface area contributed by atoms with Crippen LogP contribution in [0.4, 0.5) is 5.82 Å². The molecule has 1 atom stereocenters. The first-order valence-corrected chi connectivity index (χ1v) is 7.76. The molecule has 2 N–H and O–H groups in total. The second-order valence-electron chi connectivity index (χ2n) is 4.91. The predicted molar refractivity (Wildman–Crippen MR) is 69.6 cm³/mol. The van der Waals surface area contributed by atoms with Crippen LogP contribution in [0.15, 0.2) is 10.9 Å². The van der Waals surface area contributed by atoms with E-state index in [2.05, 4.69) is 15.3 Å². The first kappa shape index (κ1) is 13.1. The van der Waals surface area contributed by atoms with Gasteiger partial charge in [-0.3, -0.25) is 4.79 Å². The van der Waals surface area contributed by atoms with E-state index < -0.39 is 9.84 Å². The van der Waals surface area contributed by atoms with E-state index >= 15 is 0 Å². The monoisotopic (exact) mass is 271 g/mol. The fourth-order valence-electron chi connectivity index (χ4n) is 1.94. The summed E-state index contributed by atoms with van der Waals surface area (Å²) in [5, 5.41) is 3.02. The smallest absolute Gasteiger partial charge is 0.252 e. The van der Waals surface area contributed by atoms with Crippen LogP contribution in [0.3, 0.4) is 0 Å². The van der Waals surface area contributed by atoms with Crippen LogP contribution in [-0.4, -0.2) is 35.9 Å². The van der Waals surface area contributed by atoms with Crippen molar-refractivity contribution in [3.05, 3.63) is 22.2 Å². The van der Waals surface area contributed by atoms with Gasteiger partial charge in [0.1, 0.15) is 11.6 Å². The minimum Gasteiger partial charge on any atom is -0.366 e. The molecule has 2 heterocycles. The SMILES string of the molecule is CC(C)c1nc(NC2CCS(=O)(=O)C2)cc(=O)[nH]1. The zero-order valence-electron chi connectivity index (χ0n) is 10.4. The molecule has 100 valence electrons. The van der Waals surface area contributed by atoms with Crippen LogP contribution in [0.2, 0.25) is 0 Å². The fraction of sp³-hybridized carbons (Fsp3) is 0.636. The van der Waals surface area contributed by atoms with Gasteiger partial charge in [0, 0.05) is 18.0 Å². The van der Waals surface area contributed by atoms with Crippen molar-refractivity contribution < 1.29 is 8.42 Å². The lowest BCUT2D eigenvalue weighted by Crippen LogP contribution is -2.23. The lowest BCUT2D eigenvalue weighted by molar-refractivity contribution is 0.602. The molecule has 2 rings (SSSR count). The Bertz CT molecular complexity index is 592. The van der Waals surface area contributed by atoms with E-state index in [1.807, 2.05) is 13.8 Å². The first-order chi connectivity index (χ1) is 8.35. The number of nitrogens with one attached hydrogen (secondary N) is 2. The van der Waals surface area contributed by atoms with Crippen LogP contribution < -0.4 is 10.9 Å². The van der Waals surface area contributed by atoms with Gasteiger partial charge in [-0.2, -0.15) is 0 Å². The van der Waals surface area contributed by atoms with Crippen LogP contribution in [0.25, 0.3) is 0 Å². The average Bonchev–Trinajstić information content (AvgIpc) is 2.57. The first-order valence-electron chi connectivity index (χ1n) is 5.94. The van der Waals surface area contributed by atoms with Gasteiger partial charge in [0.25, 0.3) is 5.56 Å². The van der Waals surface area contributed by atoms with E-state index in [-0.39, 0.29) is 29.0 Å². The summed E-state index contributed by atoms with van der Waals surface area (Å²) in [6.45, 7) is 3.87. The van der Waals surface area contributed by atoms with Crippen molar-refractivity contribution >= 4 is 15.7 Å². The number of nitrogens with zero attached hydrogens (tertiary/aromatic N) is 1. The number of aromatic amines is 1. The molecule has 0 bridgehead atoms. The Kier molecular flexibility index (Phi) is 3.43. The van der Waals surface area contributed by atoms with Crippen molar-refractivity contribution in [1.82, 2.24) is 9.97 Å². The normalized spacial score (nSPS) is 22.3. The Hall–Kier alpha value is -1.37. The predicted octanol–water partition coefficient (Wildman–Crippen LogP) is 0.492. The van der Waals surface area contributed by atoms with Crippen molar-refractivity contribution in [2.75, 3.05) is 16.8 Å². The molecule has 1 unspecified atom stereocenters. The minimum atomic E-state index is -2.93. The van der Waals surface area contributed by atoms with Gasteiger partial charge in [-0.05, 0) is 6.42 Å². The number of hydrogen-bond donors (Lipinski definition) is 2. The van der Waals surface area contributed by atoms with Crippen molar-refractivity contribution in [2.24, 2.45) is 0 Å². The van der Waals surface area contributed by atoms with E-state index in [1.54, 1.807) is 0 Å². The van der Waals surface area contributed by atoms with Gasteiger partial charge in [0.15, 0.2) is 9.84 Å². The van der Waals surface area contributed by atoms with E-state index in [0.29, 0.717) is 18.1 Å². The number of H-pyrrole nitrogens is 1. The minimum absolute atomic E-state index is 0.110. The highest BCUT2D eigenvalue weighted by Gasteiger charge is 2.28. The molecule has 1 aliphatic heterocycles. The molecular weight excluding hydrogens is 254 g/mol. The van der Waals surface area contributed by atoms with E-state index in [4.69, 9.17) is 0 Å². The van der Waals surface area contributed by atoms with Crippen molar-refractivity contribution in [2.45, 2.75) is 32.2 Å². The summed E-state index contributed by atoms with van der Waals surface area (Å²) >= 11 is 0. The Morgan fingerprint density at radius 1 is 1.50 bits per heavy atom. The van der Waals surface area contributed by atoms with Gasteiger partial charge in [-0.1, -0.05) is 13.8 Å². The molecule has 18 heavy (non-hydrogen) atoms. The third-order valence-corrected chi connectivity index (χ3v) is 4.66. The van der Waals surface area contributed by atoms with E-state index in [9.17, 15) is 13.2 Å². The Balaban J connectivity index is 2.17. The summed E-state index contributed by atoms with van der Waals surface area (Å²) in [6.07, 6.45) is 0.563. The average molecular weight is 271 g/mol. The highest BCUT2D eigenvalue weighted by atomic mass is 32.2. The second kappa shape index (κ2) is 4.72. The summed E-state index contributed by atoms with van der Waals surface area (Å²) in [5.41, 5.74) is -0.225. The molecule has 0 amide bonds. The van der Waals surface area contributed by atoms with Crippen LogP contribution in [0, 0.1) is 0 Å². The summed E-state index contributed by atoms with van der Waals surface area (Å²) < 4.78 is 22.7.